The molecule has 6 amide bonds. The number of amides is 6. The zero-order valence-electron chi connectivity index (χ0n) is 33.5. The average molecular weight is 813 g/mol. The van der Waals surface area contributed by atoms with E-state index in [0.717, 1.165) is 91.4 Å². The van der Waals surface area contributed by atoms with Crippen LogP contribution in [0.3, 0.4) is 0 Å². The number of aromatic amines is 1. The van der Waals surface area contributed by atoms with E-state index in [1.807, 2.05) is 66.7 Å². The van der Waals surface area contributed by atoms with Crippen LogP contribution in [0.25, 0.3) is 0 Å². The first-order valence-electron chi connectivity index (χ1n) is 20.8. The van der Waals surface area contributed by atoms with E-state index >= 15 is 0 Å². The molecule has 3 aromatic carbocycles. The number of piperidine rings is 3. The Morgan fingerprint density at radius 2 is 1.58 bits per heavy atom. The van der Waals surface area contributed by atoms with Crippen LogP contribution in [-0.2, 0) is 32.2 Å². The Morgan fingerprint density at radius 3 is 2.30 bits per heavy atom. The zero-order chi connectivity index (χ0) is 41.5. The van der Waals surface area contributed by atoms with Crippen LogP contribution in [0.15, 0.2) is 72.8 Å². The number of carbonyl (C=O) groups is 6. The van der Waals surface area contributed by atoms with E-state index in [1.165, 1.54) is 7.11 Å². The predicted octanol–water partition coefficient (Wildman–Crippen LogP) is 4.39. The van der Waals surface area contributed by atoms with Gasteiger partial charge in [-0.2, -0.15) is 5.10 Å². The quantitative estimate of drug-likeness (QED) is 0.195. The van der Waals surface area contributed by atoms with Crippen LogP contribution in [0.1, 0.15) is 104 Å². The first-order valence-corrected chi connectivity index (χ1v) is 20.8. The van der Waals surface area contributed by atoms with E-state index in [-0.39, 0.29) is 36.5 Å². The fourth-order valence-corrected chi connectivity index (χ4v) is 9.51. The molecule has 0 spiro atoms. The van der Waals surface area contributed by atoms with E-state index in [4.69, 9.17) is 4.74 Å². The van der Waals surface area contributed by atoms with Crippen LogP contribution in [-0.4, -0.2) is 106 Å². The number of nitrogens with zero attached hydrogens (tertiary/aromatic N) is 5. The first-order chi connectivity index (χ1) is 29.1. The highest BCUT2D eigenvalue weighted by molar-refractivity contribution is 6.23. The topological polar surface area (TPSA) is 177 Å². The summed E-state index contributed by atoms with van der Waals surface area (Å²) in [6.07, 6.45) is 3.59. The molecule has 2 atom stereocenters. The summed E-state index contributed by atoms with van der Waals surface area (Å²) < 4.78 is 5.56. The number of H-pyrrole nitrogens is 1. The Kier molecular flexibility index (Phi) is 10.8. The van der Waals surface area contributed by atoms with Crippen molar-refractivity contribution in [1.29, 1.82) is 0 Å². The molecule has 2 unspecified atom stereocenters. The smallest absolute Gasteiger partial charge is 0.262 e. The molecule has 6 heterocycles. The van der Waals surface area contributed by atoms with Crippen molar-refractivity contribution in [2.75, 3.05) is 50.1 Å². The van der Waals surface area contributed by atoms with Gasteiger partial charge in [0.25, 0.3) is 23.6 Å². The summed E-state index contributed by atoms with van der Waals surface area (Å²) >= 11 is 0. The largest absolute Gasteiger partial charge is 0.372 e. The SMILES string of the molecule is COC(C(=O)N1Cc2[nH]nc(NC(=O)c3ccc(N4CCC(CN5CCC(c6ccc7c(c6)C(=O)N(C6CCC(=O)NC6=O)C7=O)CC5)CC4)cc3)c2C1)c1ccccc1. The van der Waals surface area contributed by atoms with Gasteiger partial charge in [0.15, 0.2) is 11.9 Å². The van der Waals surface area contributed by atoms with Gasteiger partial charge in [-0.05, 0) is 105 Å². The maximum Gasteiger partial charge on any atom is 0.262 e. The molecular weight excluding hydrogens is 765 g/mol. The maximum atomic E-state index is 13.4. The summed E-state index contributed by atoms with van der Waals surface area (Å²) in [6, 6.07) is 21.6. The lowest BCUT2D eigenvalue weighted by molar-refractivity contribution is -0.143. The molecule has 3 fully saturated rings. The molecule has 60 heavy (non-hydrogen) atoms. The van der Waals surface area contributed by atoms with Crippen LogP contribution >= 0.6 is 0 Å². The van der Waals surface area contributed by atoms with Crippen LogP contribution in [0.5, 0.6) is 0 Å². The molecule has 5 aliphatic rings. The Hall–Kier alpha value is -6.19. The number of ether oxygens (including phenoxy) is 1. The lowest BCUT2D eigenvalue weighted by Crippen LogP contribution is -2.54. The van der Waals surface area contributed by atoms with E-state index in [2.05, 4.69) is 30.6 Å². The third kappa shape index (κ3) is 7.58. The number of fused-ring (bicyclic) bond motifs is 2. The number of nitrogens with one attached hydrogen (secondary N) is 3. The standard InChI is InChI=1S/C45H48N8O7/c1-60-39(29-5-3-2-4-6-29)45(59)52-25-35-36(26-52)48-49-40(35)47-41(55)30-7-10-32(11-8-30)51-21-15-27(16-22-51)24-50-19-17-28(18-20-50)31-9-12-33-34(23-31)44(58)53(43(33)57)37-13-14-38(54)46-42(37)56/h2-12,23,27-28,37,39H,13-22,24-26H2,1H3,(H,46,54,56)(H2,47,48,49,55). The third-order valence-electron chi connectivity index (χ3n) is 12.9. The molecule has 0 radical (unpaired) electrons. The number of anilines is 2. The molecule has 0 aliphatic carbocycles. The number of hydrogen-bond acceptors (Lipinski definition) is 10. The summed E-state index contributed by atoms with van der Waals surface area (Å²) in [4.78, 5) is 84.9. The molecule has 310 valence electrons. The fourth-order valence-electron chi connectivity index (χ4n) is 9.51. The van der Waals surface area contributed by atoms with Gasteiger partial charge >= 0.3 is 0 Å². The minimum atomic E-state index is -0.965. The highest BCUT2D eigenvalue weighted by Crippen LogP contribution is 2.35. The Labute approximate surface area is 347 Å². The predicted molar refractivity (Wildman–Crippen MR) is 220 cm³/mol. The summed E-state index contributed by atoms with van der Waals surface area (Å²) in [7, 11) is 1.53. The van der Waals surface area contributed by atoms with Crippen molar-refractivity contribution in [1.82, 2.24) is 30.2 Å². The Morgan fingerprint density at radius 1 is 0.850 bits per heavy atom. The molecule has 0 bridgehead atoms. The van der Waals surface area contributed by atoms with Crippen LogP contribution < -0.4 is 15.5 Å². The van der Waals surface area contributed by atoms with E-state index in [0.29, 0.717) is 41.5 Å². The molecule has 4 aromatic rings. The Balaban J connectivity index is 0.727. The number of rotatable bonds is 10. The second-order valence-electron chi connectivity index (χ2n) is 16.5. The number of benzene rings is 3. The van der Waals surface area contributed by atoms with Crippen LogP contribution in [0, 0.1) is 5.92 Å². The lowest BCUT2D eigenvalue weighted by atomic mass is 9.87. The van der Waals surface area contributed by atoms with Gasteiger partial charge in [-0.1, -0.05) is 36.4 Å². The number of imide groups is 2. The third-order valence-corrected chi connectivity index (χ3v) is 12.9. The molecule has 3 N–H and O–H groups in total. The molecule has 1 aromatic heterocycles. The van der Waals surface area contributed by atoms with Gasteiger partial charge in [0.05, 0.1) is 29.9 Å². The first kappa shape index (κ1) is 39.3. The normalized spacial score (nSPS) is 20.6. The molecule has 15 nitrogen and oxygen atoms in total. The summed E-state index contributed by atoms with van der Waals surface area (Å²) in [5, 5.41) is 12.5. The number of likely N-dealkylation sites (tertiary alicyclic amines) is 1. The minimum Gasteiger partial charge on any atom is -0.372 e. The molecule has 9 rings (SSSR count). The average Bonchev–Trinajstić information content (AvgIpc) is 3.94. The van der Waals surface area contributed by atoms with Crippen molar-refractivity contribution < 1.29 is 33.5 Å². The minimum absolute atomic E-state index is 0.0956. The van der Waals surface area contributed by atoms with Gasteiger partial charge in [0.2, 0.25) is 11.8 Å². The van der Waals surface area contributed by atoms with Crippen LogP contribution in [0.2, 0.25) is 0 Å². The van der Waals surface area contributed by atoms with Crippen molar-refractivity contribution in [3.05, 3.63) is 112 Å². The van der Waals surface area contributed by atoms with Gasteiger partial charge in [0, 0.05) is 50.0 Å². The maximum absolute atomic E-state index is 13.4. The Bertz CT molecular complexity index is 2330. The van der Waals surface area contributed by atoms with Gasteiger partial charge in [0.1, 0.15) is 6.04 Å². The second kappa shape index (κ2) is 16.5. The number of methoxy groups -OCH3 is 1. The van der Waals surface area contributed by atoms with E-state index in [9.17, 15) is 28.8 Å². The summed E-state index contributed by atoms with van der Waals surface area (Å²) in [5.74, 6) is -1.06. The molecule has 5 aliphatic heterocycles. The molecular formula is C45H48N8O7. The van der Waals surface area contributed by atoms with Gasteiger partial charge in [-0.15, -0.1) is 0 Å². The lowest BCUT2D eigenvalue weighted by Gasteiger charge is -2.38. The van der Waals surface area contributed by atoms with Crippen molar-refractivity contribution >= 4 is 46.9 Å². The van der Waals surface area contributed by atoms with E-state index in [1.54, 1.807) is 11.0 Å². The molecule has 15 heteroatoms. The van der Waals surface area contributed by atoms with Gasteiger partial charge in [-0.3, -0.25) is 44.1 Å². The summed E-state index contributed by atoms with van der Waals surface area (Å²) in [5.41, 5.74) is 5.68. The summed E-state index contributed by atoms with van der Waals surface area (Å²) in [6.45, 7) is 5.51. The second-order valence-corrected chi connectivity index (χ2v) is 16.5. The van der Waals surface area contributed by atoms with Crippen molar-refractivity contribution in [3.63, 3.8) is 0 Å². The van der Waals surface area contributed by atoms with Crippen LogP contribution in [0.4, 0.5) is 11.5 Å². The highest BCUT2D eigenvalue weighted by Gasteiger charge is 2.45. The van der Waals surface area contributed by atoms with Crippen molar-refractivity contribution in [2.24, 2.45) is 5.92 Å². The van der Waals surface area contributed by atoms with Gasteiger partial charge in [-0.25, -0.2) is 0 Å². The number of carbonyl (C=O) groups excluding carboxylic acids is 6. The van der Waals surface area contributed by atoms with Crippen molar-refractivity contribution in [2.45, 2.75) is 69.7 Å². The van der Waals surface area contributed by atoms with Gasteiger partial charge < -0.3 is 24.8 Å². The number of hydrogen-bond donors (Lipinski definition) is 3. The highest BCUT2D eigenvalue weighted by atomic mass is 16.5. The fraction of sp³-hybridized carbons (Fsp3) is 0.400. The van der Waals surface area contributed by atoms with E-state index < -0.39 is 29.9 Å². The molecule has 3 saturated heterocycles. The molecule has 0 saturated carbocycles. The zero-order valence-corrected chi connectivity index (χ0v) is 33.5. The monoisotopic (exact) mass is 812 g/mol. The van der Waals surface area contributed by atoms with Crippen molar-refractivity contribution in [3.8, 4) is 0 Å². The number of aromatic nitrogens is 2.